The van der Waals surface area contributed by atoms with E-state index in [1.54, 1.807) is 42.5 Å². The van der Waals surface area contributed by atoms with Crippen molar-refractivity contribution in [1.82, 2.24) is 0 Å². The third kappa shape index (κ3) is 5.83. The van der Waals surface area contributed by atoms with Gasteiger partial charge in [0.15, 0.2) is 0 Å². The molecule has 0 fully saturated rings. The van der Waals surface area contributed by atoms with Crippen LogP contribution < -0.4 is 5.32 Å². The van der Waals surface area contributed by atoms with Crippen LogP contribution in [0, 0.1) is 10.1 Å². The zero-order valence-corrected chi connectivity index (χ0v) is 9.89. The molecule has 98 valence electrons. The van der Waals surface area contributed by atoms with Crippen LogP contribution in [0.25, 0.3) is 0 Å². The summed E-state index contributed by atoms with van der Waals surface area (Å²) in [6.07, 6.45) is -1.04. The lowest BCUT2D eigenvalue weighted by molar-refractivity contribution is -0.384. The highest BCUT2D eigenvalue weighted by Gasteiger charge is 1.98. The number of nitro benzene ring substituents is 1. The van der Waals surface area contributed by atoms with Gasteiger partial charge in [-0.2, -0.15) is 0 Å². The SMILES string of the molecule is O=C(O)Nc1ccccc1.O=[N+]([O-])c1ccccc1. The molecule has 2 aromatic carbocycles. The molecule has 2 N–H and O–H groups in total. The fraction of sp³-hybridized carbons (Fsp3) is 0. The maximum absolute atomic E-state index is 10.1. The van der Waals surface area contributed by atoms with E-state index in [0.717, 1.165) is 0 Å². The Balaban J connectivity index is 0.000000191. The van der Waals surface area contributed by atoms with Gasteiger partial charge in [-0.1, -0.05) is 36.4 Å². The first-order chi connectivity index (χ1) is 9.09. The number of amides is 1. The number of hydrogen-bond donors (Lipinski definition) is 2. The van der Waals surface area contributed by atoms with E-state index < -0.39 is 11.0 Å². The summed E-state index contributed by atoms with van der Waals surface area (Å²) in [7, 11) is 0. The van der Waals surface area contributed by atoms with Crippen LogP contribution in [-0.2, 0) is 0 Å². The van der Waals surface area contributed by atoms with Crippen molar-refractivity contribution in [1.29, 1.82) is 0 Å². The van der Waals surface area contributed by atoms with E-state index in [4.69, 9.17) is 5.11 Å². The van der Waals surface area contributed by atoms with Crippen LogP contribution in [0.1, 0.15) is 0 Å². The standard InChI is InChI=1S/C7H7NO2.C6H5NO2/c9-7(10)8-6-4-2-1-3-5-6;8-7(9)6-4-2-1-3-5-6/h1-5,8H,(H,9,10);1-5H. The molecule has 0 aromatic heterocycles. The van der Waals surface area contributed by atoms with Gasteiger partial charge in [0.05, 0.1) is 4.92 Å². The average Bonchev–Trinajstić information content (AvgIpc) is 2.41. The summed E-state index contributed by atoms with van der Waals surface area (Å²) in [5.41, 5.74) is 0.729. The van der Waals surface area contributed by atoms with Crippen molar-refractivity contribution < 1.29 is 14.8 Å². The molecule has 2 rings (SSSR count). The Bertz CT molecular complexity index is 529. The Morgan fingerprint density at radius 1 is 1.00 bits per heavy atom. The number of nitrogens with zero attached hydrogens (tertiary/aromatic N) is 1. The van der Waals surface area contributed by atoms with Crippen molar-refractivity contribution in [2.45, 2.75) is 0 Å². The summed E-state index contributed by atoms with van der Waals surface area (Å²) < 4.78 is 0. The molecule has 0 spiro atoms. The maximum Gasteiger partial charge on any atom is 0.409 e. The molecule has 0 aliphatic carbocycles. The number of non-ortho nitro benzene ring substituents is 1. The number of carboxylic acid groups (broad SMARTS) is 1. The van der Waals surface area contributed by atoms with E-state index in [1.807, 2.05) is 6.07 Å². The first kappa shape index (κ1) is 14.2. The summed E-state index contributed by atoms with van der Waals surface area (Å²) in [6, 6.07) is 16.7. The van der Waals surface area contributed by atoms with Gasteiger partial charge in [-0.3, -0.25) is 15.4 Å². The van der Waals surface area contributed by atoms with Gasteiger partial charge in [0, 0.05) is 17.8 Å². The van der Waals surface area contributed by atoms with Crippen molar-refractivity contribution in [3.05, 3.63) is 70.8 Å². The fourth-order valence-corrected chi connectivity index (χ4v) is 1.19. The quantitative estimate of drug-likeness (QED) is 0.639. The number of hydrogen-bond acceptors (Lipinski definition) is 3. The van der Waals surface area contributed by atoms with Crippen LogP contribution in [0.5, 0.6) is 0 Å². The predicted molar refractivity (Wildman–Crippen MR) is 71.2 cm³/mol. The minimum Gasteiger partial charge on any atom is -0.465 e. The van der Waals surface area contributed by atoms with Crippen molar-refractivity contribution in [2.75, 3.05) is 5.32 Å². The lowest BCUT2D eigenvalue weighted by atomic mass is 10.3. The second kappa shape index (κ2) is 7.44. The molecule has 0 aliphatic rings. The second-order valence-electron chi connectivity index (χ2n) is 3.39. The number of rotatable bonds is 2. The first-order valence-corrected chi connectivity index (χ1v) is 5.34. The van der Waals surface area contributed by atoms with E-state index in [2.05, 4.69) is 5.32 Å². The smallest absolute Gasteiger partial charge is 0.409 e. The Kier molecular flexibility index (Phi) is 5.55. The highest BCUT2D eigenvalue weighted by atomic mass is 16.6. The van der Waals surface area contributed by atoms with E-state index in [0.29, 0.717) is 5.69 Å². The number of benzene rings is 2. The lowest BCUT2D eigenvalue weighted by Crippen LogP contribution is -2.06. The molecule has 0 radical (unpaired) electrons. The normalized spacial score (nSPS) is 8.84. The Hall–Kier alpha value is -2.89. The van der Waals surface area contributed by atoms with Crippen LogP contribution >= 0.6 is 0 Å². The van der Waals surface area contributed by atoms with Gasteiger partial charge in [0.1, 0.15) is 0 Å². The monoisotopic (exact) mass is 260 g/mol. The van der Waals surface area contributed by atoms with Gasteiger partial charge in [-0.15, -0.1) is 0 Å². The number of nitro groups is 1. The zero-order valence-electron chi connectivity index (χ0n) is 9.89. The molecule has 0 unspecified atom stereocenters. The number of para-hydroxylation sites is 2. The summed E-state index contributed by atoms with van der Waals surface area (Å²) in [5.74, 6) is 0. The van der Waals surface area contributed by atoms with E-state index >= 15 is 0 Å². The van der Waals surface area contributed by atoms with Crippen LogP contribution in [0.15, 0.2) is 60.7 Å². The average molecular weight is 260 g/mol. The highest BCUT2D eigenvalue weighted by molar-refractivity contribution is 5.82. The summed E-state index contributed by atoms with van der Waals surface area (Å²) >= 11 is 0. The van der Waals surface area contributed by atoms with Crippen molar-refractivity contribution in [3.8, 4) is 0 Å². The van der Waals surface area contributed by atoms with E-state index in [9.17, 15) is 14.9 Å². The van der Waals surface area contributed by atoms with Gasteiger partial charge in [0.25, 0.3) is 5.69 Å². The summed E-state index contributed by atoms with van der Waals surface area (Å²) in [4.78, 5) is 19.6. The molecule has 6 nitrogen and oxygen atoms in total. The molecular formula is C13H12N2O4. The van der Waals surface area contributed by atoms with Crippen molar-refractivity contribution >= 4 is 17.5 Å². The highest BCUT2D eigenvalue weighted by Crippen LogP contribution is 2.06. The maximum atomic E-state index is 10.1. The minimum absolute atomic E-state index is 0.137. The predicted octanol–water partition coefficient (Wildman–Crippen LogP) is 3.37. The van der Waals surface area contributed by atoms with Crippen molar-refractivity contribution in [3.63, 3.8) is 0 Å². The first-order valence-electron chi connectivity index (χ1n) is 5.34. The Morgan fingerprint density at radius 3 is 1.84 bits per heavy atom. The summed E-state index contributed by atoms with van der Waals surface area (Å²) in [6.45, 7) is 0. The number of nitrogens with one attached hydrogen (secondary N) is 1. The topological polar surface area (TPSA) is 92.5 Å². The third-order valence-electron chi connectivity index (χ3n) is 1.99. The molecule has 2 aromatic rings. The van der Waals surface area contributed by atoms with Crippen LogP contribution in [0.2, 0.25) is 0 Å². The zero-order chi connectivity index (χ0) is 14.1. The summed E-state index contributed by atoms with van der Waals surface area (Å²) in [5, 5.41) is 20.5. The van der Waals surface area contributed by atoms with Crippen LogP contribution in [0.4, 0.5) is 16.2 Å². The van der Waals surface area contributed by atoms with Gasteiger partial charge in [0.2, 0.25) is 0 Å². The fourth-order valence-electron chi connectivity index (χ4n) is 1.19. The molecule has 0 bridgehead atoms. The lowest BCUT2D eigenvalue weighted by Gasteiger charge is -1.96. The van der Waals surface area contributed by atoms with Gasteiger partial charge < -0.3 is 5.11 Å². The molecule has 0 heterocycles. The molecule has 0 saturated heterocycles. The Morgan fingerprint density at radius 2 is 1.47 bits per heavy atom. The van der Waals surface area contributed by atoms with E-state index in [-0.39, 0.29) is 5.69 Å². The largest absolute Gasteiger partial charge is 0.465 e. The van der Waals surface area contributed by atoms with Gasteiger partial charge in [-0.05, 0) is 12.1 Å². The van der Waals surface area contributed by atoms with Gasteiger partial charge in [-0.25, -0.2) is 4.79 Å². The molecule has 0 saturated carbocycles. The van der Waals surface area contributed by atoms with Gasteiger partial charge >= 0.3 is 6.09 Å². The molecule has 0 aliphatic heterocycles. The Labute approximate surface area is 109 Å². The number of carbonyl (C=O) groups is 1. The molecule has 19 heavy (non-hydrogen) atoms. The molecular weight excluding hydrogens is 248 g/mol. The minimum atomic E-state index is -1.04. The third-order valence-corrected chi connectivity index (χ3v) is 1.99. The van der Waals surface area contributed by atoms with Crippen molar-refractivity contribution in [2.24, 2.45) is 0 Å². The second-order valence-corrected chi connectivity index (χ2v) is 3.39. The van der Waals surface area contributed by atoms with Crippen LogP contribution in [0.3, 0.4) is 0 Å². The molecule has 0 atom stereocenters. The molecule has 1 amide bonds. The number of anilines is 1. The molecule has 6 heteroatoms. The van der Waals surface area contributed by atoms with Crippen LogP contribution in [-0.4, -0.2) is 16.1 Å². The van der Waals surface area contributed by atoms with E-state index in [1.165, 1.54) is 12.1 Å².